The lowest BCUT2D eigenvalue weighted by molar-refractivity contribution is -0.115. The van der Waals surface area contributed by atoms with Gasteiger partial charge in [0.2, 0.25) is 15.9 Å². The number of sulfonamides is 1. The van der Waals surface area contributed by atoms with Crippen molar-refractivity contribution in [2.24, 2.45) is 0 Å². The van der Waals surface area contributed by atoms with Crippen molar-refractivity contribution in [1.82, 2.24) is 9.29 Å². The summed E-state index contributed by atoms with van der Waals surface area (Å²) in [7, 11) is -3.88. The van der Waals surface area contributed by atoms with Crippen LogP contribution >= 0.6 is 11.6 Å². The van der Waals surface area contributed by atoms with E-state index >= 15 is 0 Å². The minimum Gasteiger partial charge on any atom is -0.325 e. The summed E-state index contributed by atoms with van der Waals surface area (Å²) in [5.74, 6) is -0.522. The van der Waals surface area contributed by atoms with Gasteiger partial charge < -0.3 is 5.32 Å². The van der Waals surface area contributed by atoms with Crippen molar-refractivity contribution < 1.29 is 13.2 Å². The summed E-state index contributed by atoms with van der Waals surface area (Å²) < 4.78 is 28.9. The molecule has 0 fully saturated rings. The lowest BCUT2D eigenvalue weighted by atomic mass is 10.1. The molecule has 0 aliphatic carbocycles. The number of amides is 1. The third-order valence-electron chi connectivity index (χ3n) is 4.76. The van der Waals surface area contributed by atoms with Gasteiger partial charge in [-0.25, -0.2) is 13.1 Å². The van der Waals surface area contributed by atoms with E-state index in [1.807, 2.05) is 0 Å². The van der Waals surface area contributed by atoms with Crippen LogP contribution in [-0.2, 0) is 14.8 Å². The van der Waals surface area contributed by atoms with E-state index in [0.717, 1.165) is 10.8 Å². The number of carbonyl (C=O) groups excluding carboxylic acids is 1. The molecule has 1 heterocycles. The van der Waals surface area contributed by atoms with Gasteiger partial charge in [-0.2, -0.15) is 0 Å². The van der Waals surface area contributed by atoms with Gasteiger partial charge >= 0.3 is 0 Å². The average Bonchev–Trinajstić information content (AvgIpc) is 2.78. The van der Waals surface area contributed by atoms with Crippen LogP contribution < -0.4 is 15.6 Å². The normalized spacial score (nSPS) is 11.4. The number of hydrogen-bond acceptors (Lipinski definition) is 4. The van der Waals surface area contributed by atoms with Gasteiger partial charge in [0.05, 0.1) is 11.4 Å². The Labute approximate surface area is 189 Å². The summed E-state index contributed by atoms with van der Waals surface area (Å²) in [6.07, 6.45) is 1.64. The average molecular weight is 468 g/mol. The van der Waals surface area contributed by atoms with Crippen molar-refractivity contribution in [2.45, 2.75) is 4.90 Å². The van der Waals surface area contributed by atoms with Gasteiger partial charge in [0.1, 0.15) is 0 Å². The van der Waals surface area contributed by atoms with E-state index in [2.05, 4.69) is 10.0 Å². The molecule has 0 atom stereocenters. The fourth-order valence-corrected chi connectivity index (χ4v) is 4.35. The van der Waals surface area contributed by atoms with Crippen molar-refractivity contribution in [2.75, 3.05) is 11.9 Å². The predicted molar refractivity (Wildman–Crippen MR) is 125 cm³/mol. The Hall–Kier alpha value is -3.46. The van der Waals surface area contributed by atoms with Crippen LogP contribution in [0.15, 0.2) is 94.7 Å². The van der Waals surface area contributed by atoms with Crippen LogP contribution in [0.1, 0.15) is 0 Å². The first-order valence-corrected chi connectivity index (χ1v) is 11.4. The first-order chi connectivity index (χ1) is 15.3. The summed E-state index contributed by atoms with van der Waals surface area (Å²) in [4.78, 5) is 24.2. The number of nitrogens with one attached hydrogen (secondary N) is 2. The van der Waals surface area contributed by atoms with Gasteiger partial charge in [0, 0.05) is 28.7 Å². The van der Waals surface area contributed by atoms with Crippen LogP contribution in [0.3, 0.4) is 0 Å². The molecule has 162 valence electrons. The number of benzene rings is 3. The van der Waals surface area contributed by atoms with Crippen molar-refractivity contribution in [3.8, 4) is 5.69 Å². The quantitative estimate of drug-likeness (QED) is 0.453. The number of nitrogens with zero attached hydrogens (tertiary/aromatic N) is 1. The highest BCUT2D eigenvalue weighted by Gasteiger charge is 2.16. The first kappa shape index (κ1) is 21.8. The second-order valence-electron chi connectivity index (χ2n) is 6.98. The molecule has 1 amide bonds. The number of pyridine rings is 1. The molecular weight excluding hydrogens is 450 g/mol. The summed E-state index contributed by atoms with van der Waals surface area (Å²) in [6, 6.07) is 21.3. The molecule has 0 spiro atoms. The largest absolute Gasteiger partial charge is 0.325 e. The smallest absolute Gasteiger partial charge is 0.255 e. The van der Waals surface area contributed by atoms with Gasteiger partial charge in [-0.05, 0) is 65.4 Å². The number of halogens is 1. The molecule has 2 N–H and O–H groups in total. The maximum atomic E-state index is 12.6. The zero-order valence-electron chi connectivity index (χ0n) is 16.7. The van der Waals surface area contributed by atoms with Crippen LogP contribution in [0.4, 0.5) is 5.69 Å². The van der Waals surface area contributed by atoms with Gasteiger partial charge in [-0.15, -0.1) is 0 Å². The minimum atomic E-state index is -3.88. The second kappa shape index (κ2) is 8.96. The highest BCUT2D eigenvalue weighted by Crippen LogP contribution is 2.22. The van der Waals surface area contributed by atoms with E-state index in [1.54, 1.807) is 66.9 Å². The van der Waals surface area contributed by atoms with Crippen LogP contribution in [0, 0.1) is 0 Å². The predicted octanol–water partition coefficient (Wildman–Crippen LogP) is 3.56. The van der Waals surface area contributed by atoms with E-state index in [-0.39, 0.29) is 10.5 Å². The second-order valence-corrected chi connectivity index (χ2v) is 9.19. The van der Waals surface area contributed by atoms with E-state index in [1.165, 1.54) is 22.8 Å². The summed E-state index contributed by atoms with van der Waals surface area (Å²) >= 11 is 5.96. The molecule has 32 heavy (non-hydrogen) atoms. The third-order valence-corrected chi connectivity index (χ3v) is 6.39. The molecule has 9 heteroatoms. The summed E-state index contributed by atoms with van der Waals surface area (Å²) in [6.45, 7) is -0.430. The number of anilines is 1. The number of carbonyl (C=O) groups is 1. The monoisotopic (exact) mass is 467 g/mol. The number of fused-ring (bicyclic) bond motifs is 1. The van der Waals surface area contributed by atoms with Gasteiger partial charge in [-0.1, -0.05) is 29.8 Å². The molecule has 0 aliphatic heterocycles. The van der Waals surface area contributed by atoms with Crippen molar-refractivity contribution >= 4 is 44.0 Å². The first-order valence-electron chi connectivity index (χ1n) is 9.59. The van der Waals surface area contributed by atoms with Crippen LogP contribution in [0.5, 0.6) is 0 Å². The molecule has 3 aromatic carbocycles. The fraction of sp³-hybridized carbons (Fsp3) is 0.0435. The molecule has 0 saturated carbocycles. The van der Waals surface area contributed by atoms with Crippen molar-refractivity contribution in [3.63, 3.8) is 0 Å². The maximum Gasteiger partial charge on any atom is 0.255 e. The van der Waals surface area contributed by atoms with Crippen molar-refractivity contribution in [1.29, 1.82) is 0 Å². The summed E-state index contributed by atoms with van der Waals surface area (Å²) in [5.41, 5.74) is 0.951. The molecule has 0 saturated heterocycles. The van der Waals surface area contributed by atoms with E-state index in [9.17, 15) is 18.0 Å². The molecule has 4 rings (SSSR count). The standard InChI is InChI=1S/C23H18ClN3O4S/c24-18-6-4-17-14-21(11-5-16(17)13-18)32(30,31)25-15-22(28)26-19-7-9-20(10-8-19)27-12-2-1-3-23(27)29/h1-14,25H,15H2,(H,26,28). The number of aromatic nitrogens is 1. The van der Waals surface area contributed by atoms with Gasteiger partial charge in [-0.3, -0.25) is 14.2 Å². The maximum absolute atomic E-state index is 12.6. The van der Waals surface area contributed by atoms with Crippen LogP contribution in [0.25, 0.3) is 16.5 Å². The van der Waals surface area contributed by atoms with Crippen molar-refractivity contribution in [3.05, 3.63) is 100 Å². The SMILES string of the molecule is O=C(CNS(=O)(=O)c1ccc2cc(Cl)ccc2c1)Nc1ccc(-n2ccccc2=O)cc1. The Bertz CT molecular complexity index is 1460. The van der Waals surface area contributed by atoms with E-state index in [4.69, 9.17) is 11.6 Å². The summed E-state index contributed by atoms with van der Waals surface area (Å²) in [5, 5.41) is 4.73. The molecule has 7 nitrogen and oxygen atoms in total. The molecule has 0 radical (unpaired) electrons. The Morgan fingerprint density at radius 1 is 0.906 bits per heavy atom. The Balaban J connectivity index is 1.40. The Kier molecular flexibility index (Phi) is 6.09. The van der Waals surface area contributed by atoms with Crippen LogP contribution in [-0.4, -0.2) is 25.4 Å². The topological polar surface area (TPSA) is 97.3 Å². The van der Waals surface area contributed by atoms with E-state index < -0.39 is 22.5 Å². The molecule has 0 unspecified atom stereocenters. The Morgan fingerprint density at radius 3 is 2.38 bits per heavy atom. The molecule has 1 aromatic heterocycles. The number of rotatable bonds is 6. The van der Waals surface area contributed by atoms with Gasteiger partial charge in [0.15, 0.2) is 0 Å². The molecular formula is C23H18ClN3O4S. The minimum absolute atomic E-state index is 0.0535. The van der Waals surface area contributed by atoms with Crippen LogP contribution in [0.2, 0.25) is 5.02 Å². The van der Waals surface area contributed by atoms with Gasteiger partial charge in [0.25, 0.3) is 5.56 Å². The van der Waals surface area contributed by atoms with E-state index in [0.29, 0.717) is 16.4 Å². The third kappa shape index (κ3) is 4.88. The lowest BCUT2D eigenvalue weighted by Crippen LogP contribution is -2.32. The molecule has 4 aromatic rings. The zero-order chi connectivity index (χ0) is 22.7. The highest BCUT2D eigenvalue weighted by molar-refractivity contribution is 7.89. The number of hydrogen-bond donors (Lipinski definition) is 2. The Morgan fingerprint density at radius 2 is 1.62 bits per heavy atom. The zero-order valence-corrected chi connectivity index (χ0v) is 18.2. The fourth-order valence-electron chi connectivity index (χ4n) is 3.16. The highest BCUT2D eigenvalue weighted by atomic mass is 35.5. The molecule has 0 bridgehead atoms. The lowest BCUT2D eigenvalue weighted by Gasteiger charge is -2.10. The molecule has 0 aliphatic rings.